The monoisotopic (exact) mass is 462 g/mol. The minimum atomic E-state index is -0.466. The van der Waals surface area contributed by atoms with Gasteiger partial charge in [-0.1, -0.05) is 12.1 Å². The van der Waals surface area contributed by atoms with Crippen molar-refractivity contribution in [1.29, 1.82) is 0 Å². The van der Waals surface area contributed by atoms with Gasteiger partial charge in [-0.2, -0.15) is 0 Å². The summed E-state index contributed by atoms with van der Waals surface area (Å²) in [7, 11) is 2.92. The second-order valence-electron chi connectivity index (χ2n) is 4.10. The lowest BCUT2D eigenvalue weighted by Gasteiger charge is -2.01. The van der Waals surface area contributed by atoms with E-state index in [9.17, 15) is 20.2 Å². The smallest absolute Gasteiger partial charge is 0.287 e. The zero-order valence-corrected chi connectivity index (χ0v) is 15.7. The van der Waals surface area contributed by atoms with E-state index in [2.05, 4.69) is 31.9 Å². The Morgan fingerprint density at radius 3 is 1.38 bits per heavy atom. The van der Waals surface area contributed by atoms with Gasteiger partial charge in [-0.25, -0.2) is 0 Å². The fourth-order valence-electron chi connectivity index (χ4n) is 1.60. The Balaban J connectivity index is 0.000000240. The number of nitro benzene ring substituents is 2. The van der Waals surface area contributed by atoms with Crippen LogP contribution in [0, 0.1) is 20.2 Å². The number of methoxy groups -OCH3 is 2. The first-order chi connectivity index (χ1) is 11.3. The van der Waals surface area contributed by atoms with Gasteiger partial charge in [-0.15, -0.1) is 0 Å². The zero-order chi connectivity index (χ0) is 18.3. The van der Waals surface area contributed by atoms with Gasteiger partial charge in [0, 0.05) is 12.1 Å². The van der Waals surface area contributed by atoms with E-state index < -0.39 is 9.85 Å². The highest BCUT2D eigenvalue weighted by Crippen LogP contribution is 2.34. The third-order valence-electron chi connectivity index (χ3n) is 2.72. The number of benzene rings is 2. The molecule has 8 nitrogen and oxygen atoms in total. The highest BCUT2D eigenvalue weighted by Gasteiger charge is 2.15. The predicted molar refractivity (Wildman–Crippen MR) is 94.7 cm³/mol. The summed E-state index contributed by atoms with van der Waals surface area (Å²) in [5.74, 6) is 0.924. The fraction of sp³-hybridized carbons (Fsp3) is 0.143. The number of hydrogen-bond acceptors (Lipinski definition) is 6. The summed E-state index contributed by atoms with van der Waals surface area (Å²) in [5, 5.41) is 20.8. The Morgan fingerprint density at radius 2 is 1.12 bits per heavy atom. The fourth-order valence-corrected chi connectivity index (χ4v) is 2.74. The molecule has 2 aromatic rings. The maximum atomic E-state index is 10.4. The minimum absolute atomic E-state index is 0.00866. The quantitative estimate of drug-likeness (QED) is 0.479. The van der Waals surface area contributed by atoms with Gasteiger partial charge in [0.25, 0.3) is 11.4 Å². The van der Waals surface area contributed by atoms with Gasteiger partial charge >= 0.3 is 0 Å². The van der Waals surface area contributed by atoms with Crippen molar-refractivity contribution < 1.29 is 19.3 Å². The molecule has 2 rings (SSSR count). The first-order valence-corrected chi connectivity index (χ1v) is 7.85. The second-order valence-corrected chi connectivity index (χ2v) is 5.69. The zero-order valence-electron chi connectivity index (χ0n) is 12.6. The molecule has 0 aliphatic rings. The van der Waals surface area contributed by atoms with E-state index >= 15 is 0 Å². The largest absolute Gasteiger partial charge is 0.495 e. The SMILES string of the molecule is COc1cccc([N+](=O)[O-])c1Br.COc1cccc([N+](=O)[O-])c1Br. The minimum Gasteiger partial charge on any atom is -0.495 e. The molecule has 0 aliphatic carbocycles. The van der Waals surface area contributed by atoms with E-state index in [-0.39, 0.29) is 11.4 Å². The third kappa shape index (κ3) is 4.90. The summed E-state index contributed by atoms with van der Waals surface area (Å²) in [4.78, 5) is 19.9. The highest BCUT2D eigenvalue weighted by molar-refractivity contribution is 9.11. The molecule has 0 fully saturated rings. The normalized spacial score (nSPS) is 9.50. The maximum absolute atomic E-state index is 10.4. The molecule has 0 N–H and O–H groups in total. The summed E-state index contributed by atoms with van der Waals surface area (Å²) < 4.78 is 10.5. The van der Waals surface area contributed by atoms with Crippen molar-refractivity contribution in [2.75, 3.05) is 14.2 Å². The van der Waals surface area contributed by atoms with E-state index in [1.54, 1.807) is 24.3 Å². The molecule has 10 heteroatoms. The van der Waals surface area contributed by atoms with Gasteiger partial charge in [0.2, 0.25) is 0 Å². The van der Waals surface area contributed by atoms with Gasteiger partial charge in [-0.05, 0) is 44.0 Å². The summed E-state index contributed by atoms with van der Waals surface area (Å²) in [5.41, 5.74) is 0.0173. The average molecular weight is 464 g/mol. The Bertz CT molecular complexity index is 691. The first-order valence-electron chi connectivity index (χ1n) is 6.27. The maximum Gasteiger partial charge on any atom is 0.287 e. The van der Waals surface area contributed by atoms with Gasteiger partial charge < -0.3 is 9.47 Å². The van der Waals surface area contributed by atoms with Crippen molar-refractivity contribution in [1.82, 2.24) is 0 Å². The number of nitro groups is 2. The van der Waals surface area contributed by atoms with E-state index in [1.807, 2.05) is 0 Å². The third-order valence-corrected chi connectivity index (χ3v) is 4.31. The topological polar surface area (TPSA) is 105 Å². The number of hydrogen-bond donors (Lipinski definition) is 0. The molecule has 0 radical (unpaired) electrons. The molecule has 0 bridgehead atoms. The Morgan fingerprint density at radius 1 is 0.792 bits per heavy atom. The number of rotatable bonds is 4. The summed E-state index contributed by atoms with van der Waals surface area (Å²) >= 11 is 6.15. The molecule has 2 aromatic carbocycles. The predicted octanol–water partition coefficient (Wildman–Crippen LogP) is 4.73. The molecule has 0 aromatic heterocycles. The lowest BCUT2D eigenvalue weighted by atomic mass is 10.3. The Kier molecular flexibility index (Phi) is 7.59. The van der Waals surface area contributed by atoms with Crippen LogP contribution in [0.4, 0.5) is 11.4 Å². The number of ether oxygens (including phenoxy) is 2. The molecule has 0 saturated carbocycles. The second kappa shape index (κ2) is 9.18. The molecule has 0 atom stereocenters. The molecule has 128 valence electrons. The van der Waals surface area contributed by atoms with Crippen LogP contribution in [-0.2, 0) is 0 Å². The lowest BCUT2D eigenvalue weighted by Crippen LogP contribution is -1.91. The van der Waals surface area contributed by atoms with Gasteiger partial charge in [0.15, 0.2) is 0 Å². The molecule has 0 aliphatic heterocycles. The number of nitrogens with zero attached hydrogens (tertiary/aromatic N) is 2. The summed E-state index contributed by atoms with van der Waals surface area (Å²) in [6, 6.07) is 9.26. The lowest BCUT2D eigenvalue weighted by molar-refractivity contribution is -0.385. The van der Waals surface area contributed by atoms with Crippen LogP contribution in [0.1, 0.15) is 0 Å². The van der Waals surface area contributed by atoms with Crippen molar-refractivity contribution in [3.63, 3.8) is 0 Å². The molecule has 0 saturated heterocycles. The van der Waals surface area contributed by atoms with Crippen molar-refractivity contribution in [2.24, 2.45) is 0 Å². The van der Waals surface area contributed by atoms with Crippen molar-refractivity contribution in [3.05, 3.63) is 65.6 Å². The molecule has 24 heavy (non-hydrogen) atoms. The van der Waals surface area contributed by atoms with Crippen LogP contribution in [0.25, 0.3) is 0 Å². The molecular weight excluding hydrogens is 452 g/mol. The van der Waals surface area contributed by atoms with E-state index in [0.717, 1.165) is 0 Å². The van der Waals surface area contributed by atoms with E-state index in [1.165, 1.54) is 26.4 Å². The van der Waals surface area contributed by atoms with Crippen molar-refractivity contribution >= 4 is 43.2 Å². The van der Waals surface area contributed by atoms with E-state index in [0.29, 0.717) is 20.4 Å². The first kappa shape index (κ1) is 19.8. The Labute approximate surface area is 153 Å². The standard InChI is InChI=1S/2C7H6BrNO3/c2*1-12-6-4-2-3-5(7(6)8)9(10)11/h2*2-4H,1H3. The molecule has 0 heterocycles. The molecular formula is C14H12Br2N2O6. The molecule has 0 unspecified atom stereocenters. The van der Waals surface area contributed by atoms with Crippen molar-refractivity contribution in [2.45, 2.75) is 0 Å². The van der Waals surface area contributed by atoms with Crippen LogP contribution in [0.2, 0.25) is 0 Å². The van der Waals surface area contributed by atoms with Crippen molar-refractivity contribution in [3.8, 4) is 11.5 Å². The van der Waals surface area contributed by atoms with Gasteiger partial charge in [0.05, 0.1) is 24.1 Å². The highest BCUT2D eigenvalue weighted by atomic mass is 79.9. The molecule has 0 amide bonds. The van der Waals surface area contributed by atoms with Gasteiger partial charge in [0.1, 0.15) is 20.4 Å². The summed E-state index contributed by atoms with van der Waals surface area (Å²) in [6.07, 6.45) is 0. The average Bonchev–Trinajstić information content (AvgIpc) is 2.55. The van der Waals surface area contributed by atoms with Crippen LogP contribution in [0.3, 0.4) is 0 Å². The summed E-state index contributed by atoms with van der Waals surface area (Å²) in [6.45, 7) is 0. The Hall–Kier alpha value is -2.20. The van der Waals surface area contributed by atoms with Crippen LogP contribution in [0.5, 0.6) is 11.5 Å². The van der Waals surface area contributed by atoms with Crippen LogP contribution in [0.15, 0.2) is 45.3 Å². The van der Waals surface area contributed by atoms with Crippen LogP contribution < -0.4 is 9.47 Å². The number of halogens is 2. The van der Waals surface area contributed by atoms with Crippen LogP contribution in [-0.4, -0.2) is 24.1 Å². The van der Waals surface area contributed by atoms with Crippen LogP contribution >= 0.6 is 31.9 Å². The molecule has 0 spiro atoms. The van der Waals surface area contributed by atoms with E-state index in [4.69, 9.17) is 9.47 Å². The van der Waals surface area contributed by atoms with Gasteiger partial charge in [-0.3, -0.25) is 20.2 Å².